The summed E-state index contributed by atoms with van der Waals surface area (Å²) in [6, 6.07) is 2.69. The molecule has 0 spiro atoms. The van der Waals surface area contributed by atoms with E-state index in [9.17, 15) is 0 Å². The highest BCUT2D eigenvalue weighted by molar-refractivity contribution is 7.18. The molecule has 3 unspecified atom stereocenters. The standard InChI is InChI=1S/C15H22N4S/c1-4-10-7-11-13(18-15(16)19-14(11)20-10)17-12-6-5-8(2)9(12)3/h7-9,12H,4-6H2,1-3H3,(H3,16,17,18,19). The monoisotopic (exact) mass is 290 g/mol. The van der Waals surface area contributed by atoms with Crippen molar-refractivity contribution >= 4 is 33.3 Å². The Morgan fingerprint density at radius 2 is 2.15 bits per heavy atom. The highest BCUT2D eigenvalue weighted by Crippen LogP contribution is 2.36. The van der Waals surface area contributed by atoms with Gasteiger partial charge in [0.05, 0.1) is 5.39 Å². The van der Waals surface area contributed by atoms with E-state index in [2.05, 4.69) is 42.1 Å². The Labute approximate surface area is 123 Å². The summed E-state index contributed by atoms with van der Waals surface area (Å²) in [5.41, 5.74) is 5.86. The average Bonchev–Trinajstić information content (AvgIpc) is 2.96. The SMILES string of the molecule is CCc1cc2c(NC3CCC(C)C3C)nc(N)nc2s1. The van der Waals surface area contributed by atoms with Crippen LogP contribution in [0.15, 0.2) is 6.07 Å². The maximum atomic E-state index is 5.86. The van der Waals surface area contributed by atoms with Gasteiger partial charge in [-0.2, -0.15) is 4.98 Å². The van der Waals surface area contributed by atoms with Crippen molar-refractivity contribution in [2.45, 2.75) is 46.1 Å². The smallest absolute Gasteiger partial charge is 0.223 e. The predicted octanol–water partition coefficient (Wildman–Crippen LogP) is 3.68. The van der Waals surface area contributed by atoms with Crippen LogP contribution in [0, 0.1) is 11.8 Å². The van der Waals surface area contributed by atoms with Gasteiger partial charge in [0.25, 0.3) is 0 Å². The van der Waals surface area contributed by atoms with Crippen LogP contribution in [0.3, 0.4) is 0 Å². The van der Waals surface area contributed by atoms with Crippen molar-refractivity contribution in [3.8, 4) is 0 Å². The van der Waals surface area contributed by atoms with Crippen LogP contribution in [0.2, 0.25) is 0 Å². The van der Waals surface area contributed by atoms with Crippen molar-refractivity contribution < 1.29 is 0 Å². The van der Waals surface area contributed by atoms with E-state index < -0.39 is 0 Å². The predicted molar refractivity (Wildman–Crippen MR) is 86.2 cm³/mol. The summed E-state index contributed by atoms with van der Waals surface area (Å²) in [7, 11) is 0. The normalized spacial score (nSPS) is 26.2. The molecule has 0 saturated heterocycles. The molecule has 0 aromatic carbocycles. The van der Waals surface area contributed by atoms with E-state index in [0.29, 0.717) is 17.9 Å². The minimum atomic E-state index is 0.364. The number of aromatic nitrogens is 2. The zero-order valence-electron chi connectivity index (χ0n) is 12.3. The zero-order chi connectivity index (χ0) is 14.3. The van der Waals surface area contributed by atoms with Crippen molar-refractivity contribution in [1.29, 1.82) is 0 Å². The molecule has 3 rings (SSSR count). The van der Waals surface area contributed by atoms with E-state index in [1.54, 1.807) is 11.3 Å². The topological polar surface area (TPSA) is 63.8 Å². The van der Waals surface area contributed by atoms with Crippen LogP contribution >= 0.6 is 11.3 Å². The maximum absolute atomic E-state index is 5.86. The molecule has 2 aromatic rings. The number of anilines is 2. The minimum absolute atomic E-state index is 0.364. The number of thiophene rings is 1. The second-order valence-corrected chi connectivity index (χ2v) is 7.00. The van der Waals surface area contributed by atoms with Gasteiger partial charge in [0, 0.05) is 10.9 Å². The summed E-state index contributed by atoms with van der Waals surface area (Å²) in [6.45, 7) is 6.81. The van der Waals surface area contributed by atoms with Gasteiger partial charge >= 0.3 is 0 Å². The second kappa shape index (κ2) is 5.20. The fraction of sp³-hybridized carbons (Fsp3) is 0.600. The summed E-state index contributed by atoms with van der Waals surface area (Å²) in [6.07, 6.45) is 3.52. The van der Waals surface area contributed by atoms with E-state index in [1.807, 2.05) is 0 Å². The van der Waals surface area contributed by atoms with Crippen LogP contribution < -0.4 is 11.1 Å². The lowest BCUT2D eigenvalue weighted by Crippen LogP contribution is -2.24. The number of nitrogens with two attached hydrogens (primary N) is 1. The van der Waals surface area contributed by atoms with Crippen molar-refractivity contribution in [3.05, 3.63) is 10.9 Å². The van der Waals surface area contributed by atoms with E-state index in [4.69, 9.17) is 5.73 Å². The summed E-state index contributed by atoms with van der Waals surface area (Å²) in [4.78, 5) is 11.1. The summed E-state index contributed by atoms with van der Waals surface area (Å²) < 4.78 is 0. The fourth-order valence-corrected chi connectivity index (χ4v) is 3.99. The van der Waals surface area contributed by atoms with Crippen molar-refractivity contribution in [2.75, 3.05) is 11.1 Å². The van der Waals surface area contributed by atoms with E-state index in [0.717, 1.165) is 28.4 Å². The molecule has 1 aliphatic rings. The van der Waals surface area contributed by atoms with Gasteiger partial charge in [-0.15, -0.1) is 11.3 Å². The summed E-state index contributed by atoms with van der Waals surface area (Å²) in [5, 5.41) is 4.74. The van der Waals surface area contributed by atoms with Crippen molar-refractivity contribution in [1.82, 2.24) is 9.97 Å². The van der Waals surface area contributed by atoms with Gasteiger partial charge in [0.2, 0.25) is 5.95 Å². The molecule has 3 atom stereocenters. The molecule has 2 aromatic heterocycles. The van der Waals surface area contributed by atoms with Gasteiger partial charge in [-0.25, -0.2) is 4.98 Å². The Balaban J connectivity index is 1.96. The number of fused-ring (bicyclic) bond motifs is 1. The molecule has 0 radical (unpaired) electrons. The third-order valence-corrected chi connectivity index (χ3v) is 5.77. The van der Waals surface area contributed by atoms with Gasteiger partial charge in [-0.3, -0.25) is 0 Å². The number of nitrogens with one attached hydrogen (secondary N) is 1. The van der Waals surface area contributed by atoms with Crippen LogP contribution in [0.25, 0.3) is 10.2 Å². The van der Waals surface area contributed by atoms with Gasteiger partial charge in [-0.05, 0) is 37.2 Å². The Bertz CT molecular complexity index is 622. The second-order valence-electron chi connectivity index (χ2n) is 5.88. The number of hydrogen-bond acceptors (Lipinski definition) is 5. The number of nitrogens with zero attached hydrogens (tertiary/aromatic N) is 2. The van der Waals surface area contributed by atoms with Crippen molar-refractivity contribution in [3.63, 3.8) is 0 Å². The molecular formula is C15H22N4S. The number of hydrogen-bond donors (Lipinski definition) is 2. The molecule has 4 nitrogen and oxygen atoms in total. The molecule has 2 heterocycles. The van der Waals surface area contributed by atoms with Crippen LogP contribution in [0.4, 0.5) is 11.8 Å². The first-order chi connectivity index (χ1) is 9.58. The maximum Gasteiger partial charge on any atom is 0.223 e. The number of aryl methyl sites for hydroxylation is 1. The Hall–Kier alpha value is -1.36. The zero-order valence-corrected chi connectivity index (χ0v) is 13.1. The third-order valence-electron chi connectivity index (χ3n) is 4.60. The first-order valence-electron chi connectivity index (χ1n) is 7.41. The van der Waals surface area contributed by atoms with Gasteiger partial charge in [0.1, 0.15) is 10.6 Å². The van der Waals surface area contributed by atoms with E-state index in [1.165, 1.54) is 17.7 Å². The largest absolute Gasteiger partial charge is 0.368 e. The van der Waals surface area contributed by atoms with Gasteiger partial charge in [0.15, 0.2) is 0 Å². The summed E-state index contributed by atoms with van der Waals surface area (Å²) in [5.74, 6) is 2.72. The lowest BCUT2D eigenvalue weighted by Gasteiger charge is -2.20. The molecule has 1 saturated carbocycles. The van der Waals surface area contributed by atoms with Crippen LogP contribution in [0.5, 0.6) is 0 Å². The van der Waals surface area contributed by atoms with Crippen LogP contribution in [-0.2, 0) is 6.42 Å². The van der Waals surface area contributed by atoms with Gasteiger partial charge < -0.3 is 11.1 Å². The average molecular weight is 290 g/mol. The molecule has 3 N–H and O–H groups in total. The van der Waals surface area contributed by atoms with Gasteiger partial charge in [-0.1, -0.05) is 20.8 Å². The lowest BCUT2D eigenvalue weighted by atomic mass is 9.98. The molecule has 108 valence electrons. The van der Waals surface area contributed by atoms with Crippen LogP contribution in [-0.4, -0.2) is 16.0 Å². The molecule has 1 fully saturated rings. The number of nitrogen functional groups attached to an aromatic ring is 1. The minimum Gasteiger partial charge on any atom is -0.368 e. The molecule has 20 heavy (non-hydrogen) atoms. The van der Waals surface area contributed by atoms with Crippen molar-refractivity contribution in [2.24, 2.45) is 11.8 Å². The molecule has 1 aliphatic carbocycles. The molecular weight excluding hydrogens is 268 g/mol. The molecule has 5 heteroatoms. The fourth-order valence-electron chi connectivity index (χ4n) is 3.02. The first kappa shape index (κ1) is 13.6. The molecule has 0 bridgehead atoms. The third kappa shape index (κ3) is 2.35. The first-order valence-corrected chi connectivity index (χ1v) is 8.22. The quantitative estimate of drug-likeness (QED) is 0.905. The van der Waals surface area contributed by atoms with E-state index in [-0.39, 0.29) is 0 Å². The van der Waals surface area contributed by atoms with Crippen LogP contribution in [0.1, 0.15) is 38.5 Å². The summed E-state index contributed by atoms with van der Waals surface area (Å²) >= 11 is 1.71. The highest BCUT2D eigenvalue weighted by atomic mass is 32.1. The Kier molecular flexibility index (Phi) is 3.54. The Morgan fingerprint density at radius 3 is 2.80 bits per heavy atom. The Morgan fingerprint density at radius 1 is 1.35 bits per heavy atom. The lowest BCUT2D eigenvalue weighted by molar-refractivity contribution is 0.435. The molecule has 0 amide bonds. The highest BCUT2D eigenvalue weighted by Gasteiger charge is 2.30. The number of rotatable bonds is 3. The van der Waals surface area contributed by atoms with E-state index >= 15 is 0 Å². The molecule has 0 aliphatic heterocycles.